The summed E-state index contributed by atoms with van der Waals surface area (Å²) >= 11 is 0. The maximum absolute atomic E-state index is 15.4. The molecule has 2 amide bonds. The Morgan fingerprint density at radius 3 is 2.09 bits per heavy atom. The predicted molar refractivity (Wildman–Crippen MR) is 121 cm³/mol. The van der Waals surface area contributed by atoms with Gasteiger partial charge in [0.2, 0.25) is 11.8 Å². The summed E-state index contributed by atoms with van der Waals surface area (Å²) in [4.78, 5) is 27.1. The highest BCUT2D eigenvalue weighted by Gasteiger charge is 2.62. The summed E-state index contributed by atoms with van der Waals surface area (Å²) in [5.41, 5.74) is -1.67. The highest BCUT2D eigenvalue weighted by atomic mass is 19.2. The number of alkyl halides is 4. The van der Waals surface area contributed by atoms with Crippen molar-refractivity contribution in [2.75, 3.05) is 12.0 Å². The van der Waals surface area contributed by atoms with Crippen molar-refractivity contribution < 1.29 is 31.9 Å². The second-order valence-corrected chi connectivity index (χ2v) is 8.63. The molecule has 34 heavy (non-hydrogen) atoms. The fourth-order valence-corrected chi connectivity index (χ4v) is 4.50. The second-order valence-electron chi connectivity index (χ2n) is 8.63. The summed E-state index contributed by atoms with van der Waals surface area (Å²) in [6, 6.07) is 12.7. The van der Waals surface area contributed by atoms with Crippen molar-refractivity contribution in [3.05, 3.63) is 60.2 Å². The largest absolute Gasteiger partial charge is 0.497 e. The van der Waals surface area contributed by atoms with Gasteiger partial charge in [0.05, 0.1) is 12.5 Å². The van der Waals surface area contributed by atoms with E-state index in [1.54, 1.807) is 30.3 Å². The van der Waals surface area contributed by atoms with Crippen molar-refractivity contribution >= 4 is 17.5 Å². The molecule has 2 aromatic carbocycles. The van der Waals surface area contributed by atoms with E-state index in [9.17, 15) is 18.4 Å². The molecule has 0 aliphatic heterocycles. The van der Waals surface area contributed by atoms with E-state index in [0.717, 1.165) is 18.7 Å². The molecule has 5 nitrogen and oxygen atoms in total. The predicted octanol–water partition coefficient (Wildman–Crippen LogP) is 4.50. The van der Waals surface area contributed by atoms with Gasteiger partial charge in [-0.3, -0.25) is 14.5 Å². The molecule has 0 spiro atoms. The number of hydrogen-bond acceptors (Lipinski definition) is 3. The highest BCUT2D eigenvalue weighted by molar-refractivity contribution is 6.00. The lowest BCUT2D eigenvalue weighted by Crippen LogP contribution is -2.68. The van der Waals surface area contributed by atoms with Crippen molar-refractivity contribution in [2.24, 2.45) is 5.41 Å². The Hall–Kier alpha value is -3.10. The van der Waals surface area contributed by atoms with Gasteiger partial charge in [-0.25, -0.2) is 17.6 Å². The SMILES string of the molecule is COc1ccc(N(C(C)=O)[C@@H](C(=O)NCc2ccccc2)C2(C)[C@H](F)[C@H](F)C[C@H](F)[C@@H]2F)cc1. The van der Waals surface area contributed by atoms with Gasteiger partial charge in [0.25, 0.3) is 0 Å². The summed E-state index contributed by atoms with van der Waals surface area (Å²) in [5.74, 6) is -1.20. The molecule has 0 radical (unpaired) electrons. The maximum atomic E-state index is 15.4. The lowest BCUT2D eigenvalue weighted by Gasteiger charge is -2.49. The average Bonchev–Trinajstić information content (AvgIpc) is 2.84. The van der Waals surface area contributed by atoms with Crippen molar-refractivity contribution in [1.82, 2.24) is 5.32 Å². The van der Waals surface area contributed by atoms with Crippen LogP contribution < -0.4 is 15.0 Å². The zero-order chi connectivity index (χ0) is 25.0. The molecule has 1 aliphatic carbocycles. The van der Waals surface area contributed by atoms with E-state index in [4.69, 9.17) is 4.74 Å². The normalized spacial score (nSPS) is 27.5. The van der Waals surface area contributed by atoms with Crippen LogP contribution in [0.5, 0.6) is 5.75 Å². The van der Waals surface area contributed by atoms with Crippen LogP contribution in [0.4, 0.5) is 23.2 Å². The summed E-state index contributed by atoms with van der Waals surface area (Å²) in [5, 5.41) is 2.58. The van der Waals surface area contributed by atoms with Crippen LogP contribution >= 0.6 is 0 Å². The van der Waals surface area contributed by atoms with Gasteiger partial charge < -0.3 is 10.1 Å². The van der Waals surface area contributed by atoms with Crippen LogP contribution in [0.3, 0.4) is 0 Å². The quantitative estimate of drug-likeness (QED) is 0.594. The van der Waals surface area contributed by atoms with Gasteiger partial charge in [-0.15, -0.1) is 0 Å². The van der Waals surface area contributed by atoms with Gasteiger partial charge in [-0.2, -0.15) is 0 Å². The van der Waals surface area contributed by atoms with Gasteiger partial charge in [0.1, 0.15) is 36.5 Å². The van der Waals surface area contributed by atoms with Crippen LogP contribution in [0.15, 0.2) is 54.6 Å². The number of nitrogens with one attached hydrogen (secondary N) is 1. The number of carbonyl (C=O) groups excluding carboxylic acids is 2. The first kappa shape index (κ1) is 25.5. The molecule has 1 aliphatic rings. The number of halogens is 4. The third-order valence-electron chi connectivity index (χ3n) is 6.37. The molecule has 184 valence electrons. The molecule has 1 saturated carbocycles. The zero-order valence-electron chi connectivity index (χ0n) is 19.2. The van der Waals surface area contributed by atoms with Gasteiger partial charge in [0.15, 0.2) is 0 Å². The van der Waals surface area contributed by atoms with Crippen molar-refractivity contribution in [3.8, 4) is 5.75 Å². The highest BCUT2D eigenvalue weighted by Crippen LogP contribution is 2.48. The number of hydrogen-bond donors (Lipinski definition) is 1. The van der Waals surface area contributed by atoms with Gasteiger partial charge >= 0.3 is 0 Å². The molecule has 1 fully saturated rings. The van der Waals surface area contributed by atoms with Gasteiger partial charge in [-0.05, 0) is 29.8 Å². The Morgan fingerprint density at radius 1 is 1.03 bits per heavy atom. The van der Waals surface area contributed by atoms with Crippen molar-refractivity contribution in [2.45, 2.75) is 57.5 Å². The summed E-state index contributed by atoms with van der Waals surface area (Å²) in [6.07, 6.45) is -10.7. The molecule has 0 aromatic heterocycles. The van der Waals surface area contributed by atoms with E-state index in [1.807, 2.05) is 0 Å². The maximum Gasteiger partial charge on any atom is 0.244 e. The smallest absolute Gasteiger partial charge is 0.244 e. The number of methoxy groups -OCH3 is 1. The van der Waals surface area contributed by atoms with Crippen LogP contribution in [0, 0.1) is 5.41 Å². The average molecular weight is 481 g/mol. The van der Waals surface area contributed by atoms with Crippen LogP contribution in [-0.4, -0.2) is 49.7 Å². The minimum Gasteiger partial charge on any atom is -0.497 e. The number of ether oxygens (including phenoxy) is 1. The Labute approximate surface area is 196 Å². The molecular weight excluding hydrogens is 452 g/mol. The fraction of sp³-hybridized carbons (Fsp3) is 0.440. The Morgan fingerprint density at radius 2 is 1.59 bits per heavy atom. The molecule has 1 N–H and O–H groups in total. The van der Waals surface area contributed by atoms with Gasteiger partial charge in [-0.1, -0.05) is 37.3 Å². The van der Waals surface area contributed by atoms with Crippen molar-refractivity contribution in [1.29, 1.82) is 0 Å². The number of benzene rings is 2. The minimum absolute atomic E-state index is 0.00732. The molecule has 3 rings (SSSR count). The third kappa shape index (κ3) is 4.88. The van der Waals surface area contributed by atoms with Crippen LogP contribution in [0.25, 0.3) is 0 Å². The first-order valence-electron chi connectivity index (χ1n) is 10.9. The third-order valence-corrected chi connectivity index (χ3v) is 6.37. The number of rotatable bonds is 7. The van der Waals surface area contributed by atoms with E-state index in [-0.39, 0.29) is 12.2 Å². The van der Waals surface area contributed by atoms with E-state index in [2.05, 4.69) is 5.32 Å². The Balaban J connectivity index is 2.08. The molecular formula is C25H28F4N2O3. The standard InChI is InChI=1S/C25H28F4N2O3/c1-15(32)31(17-9-11-18(34-3)12-10-17)23(24(33)30-14-16-7-5-4-6-8-16)25(2)21(28)19(26)13-20(27)22(25)29/h4-12,19-23H,13-14H2,1-3H3,(H,30,33)/t19-,20+,21-,22+,23-,25?/m0/s1. The number of amides is 2. The molecule has 0 heterocycles. The van der Waals surface area contributed by atoms with Crippen molar-refractivity contribution in [3.63, 3.8) is 0 Å². The topological polar surface area (TPSA) is 58.6 Å². The molecule has 1 unspecified atom stereocenters. The molecule has 9 heteroatoms. The Bertz CT molecular complexity index is 975. The molecule has 2 aromatic rings. The number of carbonyl (C=O) groups is 2. The monoisotopic (exact) mass is 480 g/mol. The lowest BCUT2D eigenvalue weighted by molar-refractivity contribution is -0.143. The lowest BCUT2D eigenvalue weighted by atomic mass is 9.65. The van der Waals surface area contributed by atoms with Crippen LogP contribution in [0.2, 0.25) is 0 Å². The summed E-state index contributed by atoms with van der Waals surface area (Å²) in [6.45, 7) is 2.09. The first-order chi connectivity index (χ1) is 16.1. The van der Waals surface area contributed by atoms with E-state index in [1.165, 1.54) is 31.4 Å². The van der Waals surface area contributed by atoms with E-state index in [0.29, 0.717) is 11.3 Å². The molecule has 0 saturated heterocycles. The number of anilines is 1. The van der Waals surface area contributed by atoms with Crippen LogP contribution in [0.1, 0.15) is 25.8 Å². The first-order valence-corrected chi connectivity index (χ1v) is 10.9. The fourth-order valence-electron chi connectivity index (χ4n) is 4.50. The molecule has 6 atom stereocenters. The number of nitrogens with zero attached hydrogens (tertiary/aromatic N) is 1. The summed E-state index contributed by atoms with van der Waals surface area (Å²) in [7, 11) is 1.44. The minimum atomic E-state index is -2.53. The second kappa shape index (κ2) is 10.4. The molecule has 0 bridgehead atoms. The van der Waals surface area contributed by atoms with Crippen LogP contribution in [-0.2, 0) is 16.1 Å². The Kier molecular flexibility index (Phi) is 7.84. The van der Waals surface area contributed by atoms with E-state index < -0.39 is 54.4 Å². The zero-order valence-corrected chi connectivity index (χ0v) is 19.2. The van der Waals surface area contributed by atoms with Gasteiger partial charge in [0, 0.05) is 25.6 Å². The summed E-state index contributed by atoms with van der Waals surface area (Å²) < 4.78 is 64.8. The van der Waals surface area contributed by atoms with E-state index >= 15 is 8.78 Å².